The average molecular weight is 405 g/mol. The van der Waals surface area contributed by atoms with Crippen molar-refractivity contribution in [2.24, 2.45) is 0 Å². The first-order valence-corrected chi connectivity index (χ1v) is 9.03. The van der Waals surface area contributed by atoms with Gasteiger partial charge < -0.3 is 20.5 Å². The van der Waals surface area contributed by atoms with E-state index in [-0.39, 0.29) is 17.7 Å². The molecule has 6 nitrogen and oxygen atoms in total. The number of carbonyl (C=O) groups excluding carboxylic acids is 2. The van der Waals surface area contributed by atoms with Gasteiger partial charge in [-0.05, 0) is 69.4 Å². The summed E-state index contributed by atoms with van der Waals surface area (Å²) in [6, 6.07) is 3.92. The summed E-state index contributed by atoms with van der Waals surface area (Å²) in [6.45, 7) is -3.45. The fraction of sp³-hybridized carbons (Fsp3) is 0.364. The summed E-state index contributed by atoms with van der Waals surface area (Å²) in [5, 5.41) is 5.20. The summed E-state index contributed by atoms with van der Waals surface area (Å²) >= 11 is 0. The third-order valence-corrected chi connectivity index (χ3v) is 4.82. The van der Waals surface area contributed by atoms with E-state index in [0.717, 1.165) is 0 Å². The lowest BCUT2D eigenvalue weighted by Crippen LogP contribution is -2.33. The number of likely N-dealkylation sites (tertiary alicyclic amines) is 1. The lowest BCUT2D eigenvalue weighted by Gasteiger charge is -2.14. The number of hydrogen-bond acceptors (Lipinski definition) is 3. The van der Waals surface area contributed by atoms with Crippen LogP contribution in [0.2, 0.25) is 0 Å². The van der Waals surface area contributed by atoms with E-state index in [1.807, 2.05) is 0 Å². The van der Waals surface area contributed by atoms with Gasteiger partial charge in [0.15, 0.2) is 0 Å². The highest BCUT2D eigenvalue weighted by molar-refractivity contribution is 6.34. The van der Waals surface area contributed by atoms with Gasteiger partial charge >= 0.3 is 0 Å². The molecular formula is C22H25FN4O2. The monoisotopic (exact) mass is 404 g/mol. The number of nitrogens with zero attached hydrogens (tertiary/aromatic N) is 1. The standard InChI is InChI=1S/C22H25FN4O2/c1-13-19(12-17-16-11-15(23)5-6-18(16)26-21(17)28)25-14(2)20(13)22(29)24-7-10-27-8-3-4-9-27/h5-6,11-12,25H,3-4,7-10H2,1-2H3,(H,24,29)(H,26,28)/b17-12-/i3D2,4D2,8D2,9D2. The Balaban J connectivity index is 1.53. The Kier molecular flexibility index (Phi) is 3.22. The molecule has 1 saturated heterocycles. The largest absolute Gasteiger partial charge is 0.358 e. The van der Waals surface area contributed by atoms with Gasteiger partial charge in [0, 0.05) is 46.7 Å². The van der Waals surface area contributed by atoms with E-state index < -0.39 is 49.9 Å². The Morgan fingerprint density at radius 1 is 1.34 bits per heavy atom. The number of aryl methyl sites for hydroxylation is 1. The van der Waals surface area contributed by atoms with E-state index in [4.69, 9.17) is 11.0 Å². The zero-order valence-electron chi connectivity index (χ0n) is 23.9. The second kappa shape index (κ2) is 7.83. The molecule has 2 aliphatic rings. The van der Waals surface area contributed by atoms with Crippen LogP contribution in [0, 0.1) is 19.7 Å². The summed E-state index contributed by atoms with van der Waals surface area (Å²) in [4.78, 5) is 28.9. The summed E-state index contributed by atoms with van der Waals surface area (Å²) < 4.78 is 77.2. The van der Waals surface area contributed by atoms with Crippen molar-refractivity contribution in [3.63, 3.8) is 0 Å². The number of benzene rings is 1. The van der Waals surface area contributed by atoms with Crippen molar-refractivity contribution in [1.82, 2.24) is 15.2 Å². The number of amides is 2. The highest BCUT2D eigenvalue weighted by Gasteiger charge is 2.26. The van der Waals surface area contributed by atoms with E-state index in [1.54, 1.807) is 13.8 Å². The van der Waals surface area contributed by atoms with Gasteiger partial charge in [0.05, 0.1) is 11.1 Å². The lowest BCUT2D eigenvalue weighted by molar-refractivity contribution is -0.110. The second-order valence-corrected chi connectivity index (χ2v) is 6.75. The van der Waals surface area contributed by atoms with E-state index in [9.17, 15) is 14.0 Å². The summed E-state index contributed by atoms with van der Waals surface area (Å²) in [6.07, 6.45) is -4.77. The number of carbonyl (C=O) groups is 2. The Morgan fingerprint density at radius 3 is 2.86 bits per heavy atom. The molecule has 0 bridgehead atoms. The van der Waals surface area contributed by atoms with Crippen LogP contribution in [0.1, 0.15) is 56.6 Å². The molecule has 1 fully saturated rings. The van der Waals surface area contributed by atoms with Gasteiger partial charge in [-0.25, -0.2) is 4.39 Å². The molecule has 0 atom stereocenters. The molecule has 4 rings (SSSR count). The molecular weight excluding hydrogens is 371 g/mol. The van der Waals surface area contributed by atoms with E-state index in [1.165, 1.54) is 24.3 Å². The molecule has 1 aromatic carbocycles. The Labute approximate surface area is 180 Å². The summed E-state index contributed by atoms with van der Waals surface area (Å²) in [7, 11) is 0. The number of anilines is 1. The van der Waals surface area contributed by atoms with E-state index in [0.29, 0.717) is 33.1 Å². The first-order valence-electron chi connectivity index (χ1n) is 13.0. The van der Waals surface area contributed by atoms with Gasteiger partial charge in [-0.1, -0.05) is 0 Å². The van der Waals surface area contributed by atoms with Crippen LogP contribution in [0.5, 0.6) is 0 Å². The minimum Gasteiger partial charge on any atom is -0.358 e. The molecule has 2 aliphatic heterocycles. The van der Waals surface area contributed by atoms with Crippen molar-refractivity contribution < 1.29 is 24.9 Å². The molecule has 2 amide bonds. The number of fused-ring (bicyclic) bond motifs is 1. The van der Waals surface area contributed by atoms with Crippen molar-refractivity contribution in [2.45, 2.75) is 26.6 Å². The van der Waals surface area contributed by atoms with Crippen molar-refractivity contribution in [1.29, 1.82) is 0 Å². The van der Waals surface area contributed by atoms with Crippen LogP contribution in [0.3, 0.4) is 0 Å². The number of H-pyrrole nitrogens is 1. The van der Waals surface area contributed by atoms with Crippen molar-refractivity contribution >= 4 is 29.2 Å². The smallest absolute Gasteiger partial charge is 0.256 e. The molecule has 152 valence electrons. The van der Waals surface area contributed by atoms with Gasteiger partial charge in [-0.3, -0.25) is 9.59 Å². The van der Waals surface area contributed by atoms with Crippen LogP contribution in [-0.4, -0.2) is 47.8 Å². The van der Waals surface area contributed by atoms with E-state index in [2.05, 4.69) is 15.6 Å². The molecule has 1 aromatic heterocycles. The van der Waals surface area contributed by atoms with Gasteiger partial charge in [0.1, 0.15) is 5.82 Å². The molecule has 2 aromatic rings. The zero-order valence-corrected chi connectivity index (χ0v) is 15.9. The number of aromatic nitrogens is 1. The number of aromatic amines is 1. The van der Waals surface area contributed by atoms with Crippen LogP contribution in [-0.2, 0) is 4.79 Å². The van der Waals surface area contributed by atoms with E-state index >= 15 is 0 Å². The molecule has 0 saturated carbocycles. The second-order valence-electron chi connectivity index (χ2n) is 6.75. The molecule has 3 N–H and O–H groups in total. The SMILES string of the molecule is [2H]C1([2H])N(CCNC(=O)c2c(C)[nH]c(/C=C3\C(=O)Nc4ccc(F)cc43)c2C)C([2H])([2H])C([2H])([2H])C1([2H])[2H]. The fourth-order valence-corrected chi connectivity index (χ4v) is 3.41. The van der Waals surface area contributed by atoms with Crippen LogP contribution in [0.25, 0.3) is 11.6 Å². The topological polar surface area (TPSA) is 77.2 Å². The highest BCUT2D eigenvalue weighted by atomic mass is 19.1. The molecule has 7 heteroatoms. The van der Waals surface area contributed by atoms with Crippen LogP contribution in [0.4, 0.5) is 10.1 Å². The normalized spacial score (nSPS) is 28.7. The van der Waals surface area contributed by atoms with Crippen molar-refractivity contribution in [3.8, 4) is 0 Å². The maximum Gasteiger partial charge on any atom is 0.256 e. The van der Waals surface area contributed by atoms with Crippen LogP contribution >= 0.6 is 0 Å². The first kappa shape index (κ1) is 11.9. The Morgan fingerprint density at radius 2 is 2.10 bits per heavy atom. The minimum absolute atomic E-state index is 0.216. The third-order valence-electron chi connectivity index (χ3n) is 4.82. The number of halogens is 1. The molecule has 0 radical (unpaired) electrons. The predicted octanol–water partition coefficient (Wildman–Crippen LogP) is 3.09. The van der Waals surface area contributed by atoms with Crippen LogP contribution in [0.15, 0.2) is 18.2 Å². The van der Waals surface area contributed by atoms with Crippen molar-refractivity contribution in [3.05, 3.63) is 52.1 Å². The van der Waals surface area contributed by atoms with Gasteiger partial charge in [-0.2, -0.15) is 0 Å². The average Bonchev–Trinajstić information content (AvgIpc) is 3.26. The van der Waals surface area contributed by atoms with Gasteiger partial charge in [-0.15, -0.1) is 0 Å². The number of nitrogens with one attached hydrogen (secondary N) is 3. The quantitative estimate of drug-likeness (QED) is 0.670. The van der Waals surface area contributed by atoms with Gasteiger partial charge in [0.25, 0.3) is 11.8 Å². The molecule has 29 heavy (non-hydrogen) atoms. The Hall–Kier alpha value is -2.93. The highest BCUT2D eigenvalue weighted by Crippen LogP contribution is 2.34. The number of hydrogen-bond donors (Lipinski definition) is 3. The van der Waals surface area contributed by atoms with Crippen LogP contribution < -0.4 is 10.6 Å². The van der Waals surface area contributed by atoms with Crippen molar-refractivity contribution in [2.75, 3.05) is 31.4 Å². The Bertz CT molecular complexity index is 1310. The summed E-state index contributed by atoms with van der Waals surface area (Å²) in [5.41, 5.74) is 2.69. The first-order chi connectivity index (χ1) is 16.9. The van der Waals surface area contributed by atoms with Gasteiger partial charge in [0.2, 0.25) is 0 Å². The zero-order chi connectivity index (χ0) is 27.7. The maximum atomic E-state index is 13.7. The molecule has 0 unspecified atom stereocenters. The summed E-state index contributed by atoms with van der Waals surface area (Å²) in [5.74, 6) is -1.51. The third kappa shape index (κ3) is 3.82. The predicted molar refractivity (Wildman–Crippen MR) is 111 cm³/mol. The molecule has 0 aliphatic carbocycles. The molecule has 0 spiro atoms. The maximum absolute atomic E-state index is 13.7. The molecule has 3 heterocycles. The minimum atomic E-state index is -3.14. The fourth-order valence-electron chi connectivity index (χ4n) is 3.41. The lowest BCUT2D eigenvalue weighted by atomic mass is 10.0. The number of rotatable bonds is 5.